The lowest BCUT2D eigenvalue weighted by Gasteiger charge is -2.12. The molecule has 0 saturated carbocycles. The molecule has 0 bridgehead atoms. The summed E-state index contributed by atoms with van der Waals surface area (Å²) in [6, 6.07) is 0.292. The third-order valence-electron chi connectivity index (χ3n) is 2.44. The van der Waals surface area contributed by atoms with E-state index in [4.69, 9.17) is 5.73 Å². The summed E-state index contributed by atoms with van der Waals surface area (Å²) in [6.45, 7) is 4.48. The fraction of sp³-hybridized carbons (Fsp3) is 0.750. The minimum atomic E-state index is 0.292. The largest absolute Gasteiger partial charge is 0.338 e. The van der Waals surface area contributed by atoms with Gasteiger partial charge >= 0.3 is 0 Å². The Morgan fingerprint density at radius 1 is 1.44 bits per heavy atom. The van der Waals surface area contributed by atoms with Gasteiger partial charge < -0.3 is 10.3 Å². The van der Waals surface area contributed by atoms with E-state index in [1.54, 1.807) is 0 Å². The Labute approximate surface area is 103 Å². The minimum absolute atomic E-state index is 0.292. The summed E-state index contributed by atoms with van der Waals surface area (Å²) in [7, 11) is 2.03. The Balaban J connectivity index is 2.15. The highest BCUT2D eigenvalue weighted by Crippen LogP contribution is 2.10. The van der Waals surface area contributed by atoms with E-state index in [2.05, 4.69) is 23.4 Å². The number of imidazole rings is 1. The van der Waals surface area contributed by atoms with Crippen molar-refractivity contribution in [3.05, 3.63) is 18.2 Å². The van der Waals surface area contributed by atoms with Crippen molar-refractivity contribution in [1.82, 2.24) is 9.55 Å². The van der Waals surface area contributed by atoms with Crippen molar-refractivity contribution < 1.29 is 0 Å². The molecular formula is C12H23N3S. The van der Waals surface area contributed by atoms with Gasteiger partial charge in [-0.2, -0.15) is 11.8 Å². The summed E-state index contributed by atoms with van der Waals surface area (Å²) < 4.78 is 2.06. The van der Waals surface area contributed by atoms with Crippen molar-refractivity contribution in [2.24, 2.45) is 18.7 Å². The van der Waals surface area contributed by atoms with Crippen molar-refractivity contribution in [2.75, 3.05) is 11.5 Å². The molecular weight excluding hydrogens is 218 g/mol. The van der Waals surface area contributed by atoms with Crippen LogP contribution in [0.1, 0.15) is 26.1 Å². The van der Waals surface area contributed by atoms with Crippen LogP contribution in [-0.2, 0) is 13.5 Å². The number of hydrogen-bond acceptors (Lipinski definition) is 3. The Bertz CT molecular complexity index is 296. The van der Waals surface area contributed by atoms with Gasteiger partial charge in [0.2, 0.25) is 0 Å². The maximum absolute atomic E-state index is 6.07. The average Bonchev–Trinajstić information content (AvgIpc) is 2.60. The maximum Gasteiger partial charge on any atom is 0.108 e. The van der Waals surface area contributed by atoms with Gasteiger partial charge in [-0.25, -0.2) is 4.98 Å². The fourth-order valence-electron chi connectivity index (χ4n) is 1.49. The molecule has 2 N–H and O–H groups in total. The third kappa shape index (κ3) is 5.03. The molecule has 4 heteroatoms. The number of nitrogens with zero attached hydrogens (tertiary/aromatic N) is 2. The van der Waals surface area contributed by atoms with Gasteiger partial charge in [0.25, 0.3) is 0 Å². The van der Waals surface area contributed by atoms with Crippen molar-refractivity contribution in [2.45, 2.75) is 32.7 Å². The van der Waals surface area contributed by atoms with E-state index in [9.17, 15) is 0 Å². The summed E-state index contributed by atoms with van der Waals surface area (Å²) in [5.74, 6) is 4.15. The number of aryl methyl sites for hydroxylation is 2. The Morgan fingerprint density at radius 3 is 2.75 bits per heavy atom. The number of rotatable bonds is 7. The second kappa shape index (κ2) is 6.97. The standard InChI is InChI=1S/C12H23N3S/c1-10(2)8-16-9-11(13)4-5-12-14-6-7-15(12)3/h6-7,10-11H,4-5,8-9,13H2,1-3H3. The molecule has 0 radical (unpaired) electrons. The Morgan fingerprint density at radius 2 is 2.19 bits per heavy atom. The van der Waals surface area contributed by atoms with E-state index in [0.29, 0.717) is 6.04 Å². The molecule has 0 saturated heterocycles. The topological polar surface area (TPSA) is 43.8 Å². The van der Waals surface area contributed by atoms with Crippen LogP contribution in [0.5, 0.6) is 0 Å². The molecule has 1 heterocycles. The van der Waals surface area contributed by atoms with Crippen molar-refractivity contribution in [3.8, 4) is 0 Å². The molecule has 1 aromatic rings. The van der Waals surface area contributed by atoms with Crippen LogP contribution in [0.2, 0.25) is 0 Å². The molecule has 1 aromatic heterocycles. The van der Waals surface area contributed by atoms with Gasteiger partial charge in [0.05, 0.1) is 0 Å². The molecule has 0 aromatic carbocycles. The molecule has 0 spiro atoms. The first-order valence-corrected chi connectivity index (χ1v) is 7.04. The van der Waals surface area contributed by atoms with Crippen LogP contribution in [0.25, 0.3) is 0 Å². The molecule has 92 valence electrons. The van der Waals surface area contributed by atoms with E-state index in [-0.39, 0.29) is 0 Å². The molecule has 16 heavy (non-hydrogen) atoms. The SMILES string of the molecule is CC(C)CSCC(N)CCc1nccn1C. The highest BCUT2D eigenvalue weighted by Gasteiger charge is 2.06. The second-order valence-corrected chi connectivity index (χ2v) is 5.76. The van der Waals surface area contributed by atoms with Crippen LogP contribution in [-0.4, -0.2) is 27.1 Å². The quantitative estimate of drug-likeness (QED) is 0.795. The maximum atomic E-state index is 6.07. The van der Waals surface area contributed by atoms with Crippen LogP contribution in [0.3, 0.4) is 0 Å². The summed E-state index contributed by atoms with van der Waals surface area (Å²) >= 11 is 1.96. The van der Waals surface area contributed by atoms with Gasteiger partial charge in [-0.05, 0) is 18.1 Å². The normalized spacial score (nSPS) is 13.3. The van der Waals surface area contributed by atoms with Crippen LogP contribution in [0, 0.1) is 5.92 Å². The van der Waals surface area contributed by atoms with Gasteiger partial charge in [-0.1, -0.05) is 13.8 Å². The van der Waals surface area contributed by atoms with Crippen LogP contribution >= 0.6 is 11.8 Å². The second-order valence-electron chi connectivity index (χ2n) is 4.68. The summed E-state index contributed by atoms with van der Waals surface area (Å²) in [5, 5.41) is 0. The number of aromatic nitrogens is 2. The predicted octanol–water partition coefficient (Wildman–Crippen LogP) is 2.07. The van der Waals surface area contributed by atoms with Crippen LogP contribution < -0.4 is 5.73 Å². The lowest BCUT2D eigenvalue weighted by Crippen LogP contribution is -2.24. The third-order valence-corrected chi connectivity index (χ3v) is 4.01. The Hall–Kier alpha value is -0.480. The molecule has 1 unspecified atom stereocenters. The fourth-order valence-corrected chi connectivity index (χ4v) is 2.57. The number of thioether (sulfide) groups is 1. The van der Waals surface area contributed by atoms with E-state index >= 15 is 0 Å². The van der Waals surface area contributed by atoms with Gasteiger partial charge in [-0.15, -0.1) is 0 Å². The molecule has 0 aliphatic carbocycles. The van der Waals surface area contributed by atoms with Gasteiger partial charge in [-0.3, -0.25) is 0 Å². The van der Waals surface area contributed by atoms with Gasteiger partial charge in [0.15, 0.2) is 0 Å². The molecule has 1 rings (SSSR count). The average molecular weight is 241 g/mol. The summed E-state index contributed by atoms with van der Waals surface area (Å²) in [4.78, 5) is 4.30. The van der Waals surface area contributed by atoms with Gasteiger partial charge in [0.1, 0.15) is 5.82 Å². The van der Waals surface area contributed by atoms with E-state index in [1.165, 1.54) is 5.75 Å². The van der Waals surface area contributed by atoms with Crippen molar-refractivity contribution in [1.29, 1.82) is 0 Å². The molecule has 0 amide bonds. The van der Waals surface area contributed by atoms with E-state index in [0.717, 1.165) is 30.3 Å². The monoisotopic (exact) mass is 241 g/mol. The highest BCUT2D eigenvalue weighted by atomic mass is 32.2. The predicted molar refractivity (Wildman–Crippen MR) is 71.7 cm³/mol. The van der Waals surface area contributed by atoms with Gasteiger partial charge in [0, 0.05) is 37.7 Å². The lowest BCUT2D eigenvalue weighted by molar-refractivity contribution is 0.638. The zero-order valence-electron chi connectivity index (χ0n) is 10.5. The molecule has 3 nitrogen and oxygen atoms in total. The zero-order chi connectivity index (χ0) is 12.0. The molecule has 0 aliphatic rings. The minimum Gasteiger partial charge on any atom is -0.338 e. The number of hydrogen-bond donors (Lipinski definition) is 1. The first-order chi connectivity index (χ1) is 7.59. The molecule has 1 atom stereocenters. The first-order valence-electron chi connectivity index (χ1n) is 5.89. The van der Waals surface area contributed by atoms with E-state index < -0.39 is 0 Å². The Kier molecular flexibility index (Phi) is 5.91. The number of nitrogens with two attached hydrogens (primary N) is 1. The van der Waals surface area contributed by atoms with Crippen molar-refractivity contribution in [3.63, 3.8) is 0 Å². The molecule has 0 fully saturated rings. The highest BCUT2D eigenvalue weighted by molar-refractivity contribution is 7.99. The smallest absolute Gasteiger partial charge is 0.108 e. The first kappa shape index (κ1) is 13.6. The van der Waals surface area contributed by atoms with Crippen LogP contribution in [0.15, 0.2) is 12.4 Å². The lowest BCUT2D eigenvalue weighted by atomic mass is 10.2. The molecule has 0 aliphatic heterocycles. The zero-order valence-corrected chi connectivity index (χ0v) is 11.3. The summed E-state index contributed by atoms with van der Waals surface area (Å²) in [5.41, 5.74) is 6.07. The summed E-state index contributed by atoms with van der Waals surface area (Å²) in [6.07, 6.45) is 5.82. The van der Waals surface area contributed by atoms with Crippen molar-refractivity contribution >= 4 is 11.8 Å². The van der Waals surface area contributed by atoms with E-state index in [1.807, 2.05) is 31.2 Å². The van der Waals surface area contributed by atoms with Crippen LogP contribution in [0.4, 0.5) is 0 Å².